The van der Waals surface area contributed by atoms with Crippen LogP contribution in [0.4, 0.5) is 0 Å². The normalized spacial score (nSPS) is 13.5. The third-order valence-corrected chi connectivity index (χ3v) is 2.49. The van der Waals surface area contributed by atoms with Crippen molar-refractivity contribution in [3.05, 3.63) is 0 Å². The summed E-state index contributed by atoms with van der Waals surface area (Å²) in [4.78, 5) is 2.34. The molecule has 1 unspecified atom stereocenters. The summed E-state index contributed by atoms with van der Waals surface area (Å²) >= 11 is 0. The molecule has 0 aliphatic rings. The van der Waals surface area contributed by atoms with Gasteiger partial charge in [-0.25, -0.2) is 0 Å². The molecule has 0 spiro atoms. The van der Waals surface area contributed by atoms with Crippen molar-refractivity contribution in [2.45, 2.75) is 58.4 Å². The summed E-state index contributed by atoms with van der Waals surface area (Å²) in [5.74, 6) is 0. The molecule has 2 heteroatoms. The first kappa shape index (κ1) is 13.9. The van der Waals surface area contributed by atoms with E-state index in [1.807, 2.05) is 0 Å². The van der Waals surface area contributed by atoms with Gasteiger partial charge in [0.2, 0.25) is 0 Å². The maximum atomic E-state index is 5.72. The molecule has 0 fully saturated rings. The lowest BCUT2D eigenvalue weighted by atomic mass is 10.1. The predicted molar refractivity (Wildman–Crippen MR) is 64.5 cm³/mol. The zero-order chi connectivity index (χ0) is 10.8. The van der Waals surface area contributed by atoms with Crippen LogP contribution >= 0.6 is 0 Å². The first-order valence-electron chi connectivity index (χ1n) is 6.11. The van der Waals surface area contributed by atoms with Crippen LogP contribution in [0.15, 0.2) is 0 Å². The lowest BCUT2D eigenvalue weighted by molar-refractivity contribution is 0.308. The summed E-state index contributed by atoms with van der Waals surface area (Å²) in [6.45, 7) is 6.55. The Labute approximate surface area is 89.9 Å². The molecule has 0 saturated carbocycles. The first-order chi connectivity index (χ1) is 6.66. The Kier molecular flexibility index (Phi) is 9.42. The molecular weight excluding hydrogens is 172 g/mol. The van der Waals surface area contributed by atoms with Crippen molar-refractivity contribution in [3.63, 3.8) is 0 Å². The Bertz CT molecular complexity index is 113. The van der Waals surface area contributed by atoms with Crippen LogP contribution < -0.4 is 5.73 Å². The number of hydrogen-bond acceptors (Lipinski definition) is 2. The minimum Gasteiger partial charge on any atom is -0.327 e. The average Bonchev–Trinajstić information content (AvgIpc) is 2.10. The predicted octanol–water partition coefficient (Wildman–Crippen LogP) is 2.63. The van der Waals surface area contributed by atoms with Gasteiger partial charge in [-0.05, 0) is 26.9 Å². The molecule has 0 aliphatic heterocycles. The van der Waals surface area contributed by atoms with Gasteiger partial charge < -0.3 is 10.6 Å². The van der Waals surface area contributed by atoms with Gasteiger partial charge in [-0.15, -0.1) is 0 Å². The molecular formula is C12H28N2. The number of unbranched alkanes of at least 4 members (excludes halogenated alkanes) is 5. The first-order valence-corrected chi connectivity index (χ1v) is 6.11. The van der Waals surface area contributed by atoms with Gasteiger partial charge in [0.1, 0.15) is 0 Å². The summed E-state index contributed by atoms with van der Waals surface area (Å²) < 4.78 is 0. The van der Waals surface area contributed by atoms with E-state index >= 15 is 0 Å². The van der Waals surface area contributed by atoms with Crippen molar-refractivity contribution in [2.75, 3.05) is 20.1 Å². The number of likely N-dealkylation sites (N-methyl/N-ethyl adjacent to an activating group) is 1. The van der Waals surface area contributed by atoms with Crippen molar-refractivity contribution >= 4 is 0 Å². The van der Waals surface area contributed by atoms with E-state index in [0.29, 0.717) is 6.04 Å². The molecule has 2 nitrogen and oxygen atoms in total. The molecule has 0 rings (SSSR count). The Morgan fingerprint density at radius 2 is 1.64 bits per heavy atom. The molecule has 0 amide bonds. The maximum Gasteiger partial charge on any atom is 0.0139 e. The lowest BCUT2D eigenvalue weighted by Gasteiger charge is -2.18. The second-order valence-electron chi connectivity index (χ2n) is 4.51. The Balaban J connectivity index is 3.10. The van der Waals surface area contributed by atoms with Gasteiger partial charge in [0.15, 0.2) is 0 Å². The van der Waals surface area contributed by atoms with Crippen LogP contribution in [0.2, 0.25) is 0 Å². The summed E-state index contributed by atoms with van der Waals surface area (Å²) in [5.41, 5.74) is 5.72. The van der Waals surface area contributed by atoms with E-state index in [1.165, 1.54) is 45.1 Å². The van der Waals surface area contributed by atoms with Gasteiger partial charge in [0, 0.05) is 12.6 Å². The van der Waals surface area contributed by atoms with E-state index in [-0.39, 0.29) is 0 Å². The van der Waals surface area contributed by atoms with E-state index in [1.54, 1.807) is 0 Å². The summed E-state index contributed by atoms with van der Waals surface area (Å²) in [7, 11) is 2.16. The highest BCUT2D eigenvalue weighted by atomic mass is 15.1. The minimum atomic E-state index is 0.306. The summed E-state index contributed by atoms with van der Waals surface area (Å²) in [6.07, 6.45) is 8.25. The second-order valence-corrected chi connectivity index (χ2v) is 4.51. The van der Waals surface area contributed by atoms with Crippen molar-refractivity contribution < 1.29 is 0 Å². The van der Waals surface area contributed by atoms with E-state index in [4.69, 9.17) is 5.73 Å². The van der Waals surface area contributed by atoms with Crippen LogP contribution in [-0.2, 0) is 0 Å². The van der Waals surface area contributed by atoms with Gasteiger partial charge in [-0.2, -0.15) is 0 Å². The average molecular weight is 200 g/mol. The van der Waals surface area contributed by atoms with Gasteiger partial charge in [-0.3, -0.25) is 0 Å². The van der Waals surface area contributed by atoms with E-state index in [2.05, 4.69) is 25.8 Å². The zero-order valence-electron chi connectivity index (χ0n) is 10.3. The van der Waals surface area contributed by atoms with Crippen molar-refractivity contribution in [3.8, 4) is 0 Å². The Morgan fingerprint density at radius 3 is 2.21 bits per heavy atom. The monoisotopic (exact) mass is 200 g/mol. The molecule has 0 aliphatic carbocycles. The fourth-order valence-corrected chi connectivity index (χ4v) is 1.74. The maximum absolute atomic E-state index is 5.72. The van der Waals surface area contributed by atoms with Crippen LogP contribution in [0, 0.1) is 0 Å². The van der Waals surface area contributed by atoms with E-state index in [9.17, 15) is 0 Å². The number of nitrogens with zero attached hydrogens (tertiary/aromatic N) is 1. The lowest BCUT2D eigenvalue weighted by Crippen LogP contribution is -2.33. The third-order valence-electron chi connectivity index (χ3n) is 2.49. The van der Waals surface area contributed by atoms with Gasteiger partial charge in [-0.1, -0.05) is 39.0 Å². The van der Waals surface area contributed by atoms with Crippen LogP contribution in [0.5, 0.6) is 0 Å². The van der Waals surface area contributed by atoms with E-state index in [0.717, 1.165) is 6.54 Å². The molecule has 0 bridgehead atoms. The molecule has 2 N–H and O–H groups in total. The van der Waals surface area contributed by atoms with Gasteiger partial charge >= 0.3 is 0 Å². The summed E-state index contributed by atoms with van der Waals surface area (Å²) in [6, 6.07) is 0.306. The van der Waals surface area contributed by atoms with Crippen molar-refractivity contribution in [2.24, 2.45) is 5.73 Å². The van der Waals surface area contributed by atoms with E-state index < -0.39 is 0 Å². The SMILES string of the molecule is CCCCCCCCN(C)CC(C)N. The van der Waals surface area contributed by atoms with Crippen LogP contribution in [0.25, 0.3) is 0 Å². The van der Waals surface area contributed by atoms with Crippen molar-refractivity contribution in [1.82, 2.24) is 4.90 Å². The molecule has 86 valence electrons. The van der Waals surface area contributed by atoms with Gasteiger partial charge in [0.05, 0.1) is 0 Å². The minimum absolute atomic E-state index is 0.306. The highest BCUT2D eigenvalue weighted by molar-refractivity contribution is 4.59. The smallest absolute Gasteiger partial charge is 0.0139 e. The number of nitrogens with two attached hydrogens (primary N) is 1. The van der Waals surface area contributed by atoms with Crippen LogP contribution in [0.3, 0.4) is 0 Å². The topological polar surface area (TPSA) is 29.3 Å². The highest BCUT2D eigenvalue weighted by Gasteiger charge is 2.00. The molecule has 0 radical (unpaired) electrons. The molecule has 0 aromatic heterocycles. The zero-order valence-corrected chi connectivity index (χ0v) is 10.3. The second kappa shape index (κ2) is 9.47. The molecule has 0 aromatic rings. The Hall–Kier alpha value is -0.0800. The van der Waals surface area contributed by atoms with Crippen molar-refractivity contribution in [1.29, 1.82) is 0 Å². The molecule has 14 heavy (non-hydrogen) atoms. The van der Waals surface area contributed by atoms with Crippen LogP contribution in [0.1, 0.15) is 52.4 Å². The fourth-order valence-electron chi connectivity index (χ4n) is 1.74. The molecule has 0 saturated heterocycles. The number of rotatable bonds is 9. The third kappa shape index (κ3) is 10.0. The fraction of sp³-hybridized carbons (Fsp3) is 1.00. The highest BCUT2D eigenvalue weighted by Crippen LogP contribution is 2.05. The number of hydrogen-bond donors (Lipinski definition) is 1. The molecule has 0 aromatic carbocycles. The van der Waals surface area contributed by atoms with Gasteiger partial charge in [0.25, 0.3) is 0 Å². The summed E-state index contributed by atoms with van der Waals surface area (Å²) in [5, 5.41) is 0. The molecule has 1 atom stereocenters. The quantitative estimate of drug-likeness (QED) is 0.580. The largest absolute Gasteiger partial charge is 0.327 e. The van der Waals surface area contributed by atoms with Crippen LogP contribution in [-0.4, -0.2) is 31.1 Å². The molecule has 0 heterocycles. The standard InChI is InChI=1S/C12H28N2/c1-4-5-6-7-8-9-10-14(3)11-12(2)13/h12H,4-11,13H2,1-3H3. The Morgan fingerprint density at radius 1 is 1.07 bits per heavy atom.